The van der Waals surface area contributed by atoms with Gasteiger partial charge in [-0.25, -0.2) is 4.99 Å². The van der Waals surface area contributed by atoms with E-state index in [-0.39, 0.29) is 35.9 Å². The van der Waals surface area contributed by atoms with Gasteiger partial charge in [-0.2, -0.15) is 0 Å². The molecule has 26 heavy (non-hydrogen) atoms. The lowest BCUT2D eigenvalue weighted by Gasteiger charge is -2.19. The number of nitrogens with zero attached hydrogens (tertiary/aromatic N) is 2. The highest BCUT2D eigenvalue weighted by Gasteiger charge is 2.25. The lowest BCUT2D eigenvalue weighted by molar-refractivity contribution is -0.129. The van der Waals surface area contributed by atoms with Gasteiger partial charge in [-0.3, -0.25) is 4.79 Å². The minimum Gasteiger partial charge on any atom is -0.357 e. The lowest BCUT2D eigenvalue weighted by Crippen LogP contribution is -2.45. The van der Waals surface area contributed by atoms with E-state index in [4.69, 9.17) is 4.99 Å². The molecular weight excluding hydrogens is 439 g/mol. The van der Waals surface area contributed by atoms with Gasteiger partial charge in [-0.05, 0) is 50.8 Å². The SMILES string of the molecule is CCNC(=NCc1c(C)cc(C)cc1C)NC1CCN(C(=O)CC)C1.I. The number of rotatable bonds is 5. The van der Waals surface area contributed by atoms with Crippen LogP contribution in [-0.2, 0) is 11.3 Å². The number of halogens is 1. The Balaban J connectivity index is 0.00000338. The van der Waals surface area contributed by atoms with Gasteiger partial charge in [-0.1, -0.05) is 24.6 Å². The van der Waals surface area contributed by atoms with Gasteiger partial charge in [0.15, 0.2) is 5.96 Å². The van der Waals surface area contributed by atoms with Gasteiger partial charge >= 0.3 is 0 Å². The van der Waals surface area contributed by atoms with Crippen molar-refractivity contribution in [2.45, 2.75) is 60.0 Å². The number of hydrogen-bond donors (Lipinski definition) is 2. The maximum Gasteiger partial charge on any atom is 0.222 e. The van der Waals surface area contributed by atoms with Crippen LogP contribution >= 0.6 is 24.0 Å². The largest absolute Gasteiger partial charge is 0.357 e. The predicted octanol–water partition coefficient (Wildman–Crippen LogP) is 3.30. The predicted molar refractivity (Wildman–Crippen MR) is 119 cm³/mol. The van der Waals surface area contributed by atoms with Crippen LogP contribution in [0.25, 0.3) is 0 Å². The molecule has 1 aliphatic rings. The average Bonchev–Trinajstić information content (AvgIpc) is 3.01. The molecule has 0 saturated carbocycles. The fourth-order valence-electron chi connectivity index (χ4n) is 3.46. The molecule has 1 aliphatic heterocycles. The van der Waals surface area contributed by atoms with E-state index in [9.17, 15) is 4.79 Å². The Kier molecular flexibility index (Phi) is 9.39. The Hall–Kier alpha value is -1.31. The third-order valence-electron chi connectivity index (χ3n) is 4.76. The van der Waals surface area contributed by atoms with Crippen LogP contribution in [0, 0.1) is 20.8 Å². The Bertz CT molecular complexity index is 622. The molecule has 0 spiro atoms. The Labute approximate surface area is 175 Å². The number of carbonyl (C=O) groups excluding carboxylic acids is 1. The van der Waals surface area contributed by atoms with Gasteiger partial charge in [0.05, 0.1) is 6.54 Å². The number of nitrogens with one attached hydrogen (secondary N) is 2. The molecule has 2 rings (SSSR count). The average molecular weight is 472 g/mol. The number of amides is 1. The summed E-state index contributed by atoms with van der Waals surface area (Å²) >= 11 is 0. The summed E-state index contributed by atoms with van der Waals surface area (Å²) in [6.45, 7) is 13.5. The fourth-order valence-corrected chi connectivity index (χ4v) is 3.46. The summed E-state index contributed by atoms with van der Waals surface area (Å²) in [5, 5.41) is 6.81. The minimum absolute atomic E-state index is 0. The Morgan fingerprint density at radius 2 is 1.88 bits per heavy atom. The molecule has 1 aromatic rings. The molecular formula is C20H33IN4O. The third-order valence-corrected chi connectivity index (χ3v) is 4.76. The highest BCUT2D eigenvalue weighted by molar-refractivity contribution is 14.0. The zero-order valence-electron chi connectivity index (χ0n) is 16.7. The first-order chi connectivity index (χ1) is 11.9. The van der Waals surface area contributed by atoms with E-state index in [1.165, 1.54) is 22.3 Å². The third kappa shape index (κ3) is 6.14. The van der Waals surface area contributed by atoms with Crippen LogP contribution < -0.4 is 10.6 Å². The van der Waals surface area contributed by atoms with Crippen LogP contribution in [0.5, 0.6) is 0 Å². The van der Waals surface area contributed by atoms with Gasteiger partial charge in [0.1, 0.15) is 0 Å². The Morgan fingerprint density at radius 1 is 1.23 bits per heavy atom. The molecule has 0 radical (unpaired) electrons. The maximum absolute atomic E-state index is 11.8. The van der Waals surface area contributed by atoms with E-state index >= 15 is 0 Å². The molecule has 146 valence electrons. The topological polar surface area (TPSA) is 56.7 Å². The summed E-state index contributed by atoms with van der Waals surface area (Å²) in [4.78, 5) is 18.6. The number of aryl methyl sites for hydroxylation is 3. The lowest BCUT2D eigenvalue weighted by atomic mass is 10.00. The summed E-state index contributed by atoms with van der Waals surface area (Å²) in [7, 11) is 0. The summed E-state index contributed by atoms with van der Waals surface area (Å²) in [6.07, 6.45) is 1.55. The second kappa shape index (κ2) is 10.7. The van der Waals surface area contributed by atoms with Crippen molar-refractivity contribution < 1.29 is 4.79 Å². The van der Waals surface area contributed by atoms with Crippen molar-refractivity contribution in [3.63, 3.8) is 0 Å². The molecule has 0 aromatic heterocycles. The van der Waals surface area contributed by atoms with Crippen molar-refractivity contribution in [2.24, 2.45) is 4.99 Å². The van der Waals surface area contributed by atoms with Crippen molar-refractivity contribution in [3.05, 3.63) is 34.4 Å². The van der Waals surface area contributed by atoms with Crippen molar-refractivity contribution in [1.29, 1.82) is 0 Å². The molecule has 2 N–H and O–H groups in total. The van der Waals surface area contributed by atoms with Gasteiger partial charge in [0, 0.05) is 32.1 Å². The molecule has 5 nitrogen and oxygen atoms in total. The zero-order chi connectivity index (χ0) is 18.4. The number of benzene rings is 1. The van der Waals surface area contributed by atoms with Crippen LogP contribution in [0.15, 0.2) is 17.1 Å². The van der Waals surface area contributed by atoms with Crippen molar-refractivity contribution in [3.8, 4) is 0 Å². The van der Waals surface area contributed by atoms with Crippen molar-refractivity contribution >= 4 is 35.8 Å². The van der Waals surface area contributed by atoms with Gasteiger partial charge in [0.2, 0.25) is 5.91 Å². The first-order valence-corrected chi connectivity index (χ1v) is 9.33. The van der Waals surface area contributed by atoms with Gasteiger partial charge in [0.25, 0.3) is 0 Å². The van der Waals surface area contributed by atoms with Gasteiger partial charge < -0.3 is 15.5 Å². The van der Waals surface area contributed by atoms with Crippen LogP contribution in [0.4, 0.5) is 0 Å². The first-order valence-electron chi connectivity index (χ1n) is 9.33. The highest BCUT2D eigenvalue weighted by Crippen LogP contribution is 2.17. The standard InChI is InChI=1S/C20H32N4O.HI/c1-6-19(25)24-9-8-17(13-24)23-20(21-7-2)22-12-18-15(4)10-14(3)11-16(18)5;/h10-11,17H,6-9,12-13H2,1-5H3,(H2,21,22,23);1H. The summed E-state index contributed by atoms with van der Waals surface area (Å²) in [5.74, 6) is 1.06. The molecule has 1 heterocycles. The fraction of sp³-hybridized carbons (Fsp3) is 0.600. The van der Waals surface area contributed by atoms with Crippen LogP contribution in [0.1, 0.15) is 48.9 Å². The summed E-state index contributed by atoms with van der Waals surface area (Å²) < 4.78 is 0. The van der Waals surface area contributed by atoms with Crippen LogP contribution in [-0.4, -0.2) is 42.4 Å². The summed E-state index contributed by atoms with van der Waals surface area (Å²) in [6, 6.07) is 4.70. The van der Waals surface area contributed by atoms with Crippen LogP contribution in [0.2, 0.25) is 0 Å². The quantitative estimate of drug-likeness (QED) is 0.393. The first kappa shape index (κ1) is 22.7. The van der Waals surface area contributed by atoms with E-state index in [1.807, 2.05) is 11.8 Å². The normalized spacial score (nSPS) is 17.0. The minimum atomic E-state index is 0. The van der Waals surface area contributed by atoms with E-state index < -0.39 is 0 Å². The molecule has 1 aromatic carbocycles. The number of likely N-dealkylation sites (tertiary alicyclic amines) is 1. The zero-order valence-corrected chi connectivity index (χ0v) is 19.0. The molecule has 1 unspecified atom stereocenters. The van der Waals surface area contributed by atoms with E-state index in [2.05, 4.69) is 50.5 Å². The number of hydrogen-bond acceptors (Lipinski definition) is 2. The highest BCUT2D eigenvalue weighted by atomic mass is 127. The summed E-state index contributed by atoms with van der Waals surface area (Å²) in [5.41, 5.74) is 5.16. The molecule has 0 aliphatic carbocycles. The molecule has 6 heteroatoms. The van der Waals surface area contributed by atoms with E-state index in [0.717, 1.165) is 32.0 Å². The van der Waals surface area contributed by atoms with Gasteiger partial charge in [-0.15, -0.1) is 24.0 Å². The Morgan fingerprint density at radius 3 is 2.46 bits per heavy atom. The van der Waals surface area contributed by atoms with Crippen molar-refractivity contribution in [2.75, 3.05) is 19.6 Å². The molecule has 1 saturated heterocycles. The molecule has 1 atom stereocenters. The number of guanidine groups is 1. The monoisotopic (exact) mass is 472 g/mol. The smallest absolute Gasteiger partial charge is 0.222 e. The maximum atomic E-state index is 11.8. The number of aliphatic imine (C=N–C) groups is 1. The number of carbonyl (C=O) groups is 1. The van der Waals surface area contributed by atoms with Crippen LogP contribution in [0.3, 0.4) is 0 Å². The second-order valence-electron chi connectivity index (χ2n) is 6.90. The second-order valence-corrected chi connectivity index (χ2v) is 6.90. The van der Waals surface area contributed by atoms with E-state index in [0.29, 0.717) is 13.0 Å². The molecule has 1 fully saturated rings. The molecule has 1 amide bonds. The molecule has 0 bridgehead atoms. The van der Waals surface area contributed by atoms with Crippen molar-refractivity contribution in [1.82, 2.24) is 15.5 Å². The van der Waals surface area contributed by atoms with E-state index in [1.54, 1.807) is 0 Å².